The molecule has 3 heterocycles. The lowest BCUT2D eigenvalue weighted by atomic mass is 10.0. The second-order valence-electron chi connectivity index (χ2n) is 6.81. The Morgan fingerprint density at radius 2 is 2.03 bits per heavy atom. The van der Waals surface area contributed by atoms with Crippen LogP contribution >= 0.6 is 0 Å². The normalized spacial score (nSPS) is 11.9. The molecule has 0 unspecified atom stereocenters. The van der Waals surface area contributed by atoms with Gasteiger partial charge in [0.05, 0.1) is 40.9 Å². The average molecular weight is 401 g/mol. The molecule has 0 aliphatic carbocycles. The maximum absolute atomic E-state index is 13.3. The zero-order valence-electron chi connectivity index (χ0n) is 16.4. The second kappa shape index (κ2) is 8.24. The number of halogens is 1. The summed E-state index contributed by atoms with van der Waals surface area (Å²) in [6, 6.07) is 9.60. The fourth-order valence-electron chi connectivity index (χ4n) is 3.36. The number of rotatable bonds is 6. The maximum atomic E-state index is 13.3. The molecule has 1 atom stereocenters. The van der Waals surface area contributed by atoms with Crippen LogP contribution in [0.1, 0.15) is 41.0 Å². The number of hydrogen-bond donors (Lipinski definition) is 1. The van der Waals surface area contributed by atoms with Crippen molar-refractivity contribution < 1.29 is 9.18 Å². The molecule has 3 aromatic heterocycles. The van der Waals surface area contributed by atoms with Crippen LogP contribution in [0, 0.1) is 5.82 Å². The number of aromatic nitrogens is 4. The van der Waals surface area contributed by atoms with Crippen molar-refractivity contribution in [2.45, 2.75) is 19.4 Å². The first kappa shape index (κ1) is 19.4. The molecule has 0 fully saturated rings. The molecule has 0 saturated carbocycles. The third-order valence-corrected chi connectivity index (χ3v) is 4.94. The summed E-state index contributed by atoms with van der Waals surface area (Å²) in [5.74, 6) is -0.565. The van der Waals surface area contributed by atoms with Gasteiger partial charge in [-0.3, -0.25) is 14.8 Å². The Labute approximate surface area is 173 Å². The van der Waals surface area contributed by atoms with E-state index in [1.807, 2.05) is 19.1 Å². The van der Waals surface area contributed by atoms with E-state index in [4.69, 9.17) is 0 Å². The summed E-state index contributed by atoms with van der Waals surface area (Å²) in [4.78, 5) is 21.5. The van der Waals surface area contributed by atoms with Crippen molar-refractivity contribution in [1.82, 2.24) is 25.1 Å². The molecule has 4 aromatic rings. The molecule has 7 heteroatoms. The van der Waals surface area contributed by atoms with Crippen molar-refractivity contribution in [2.24, 2.45) is 0 Å². The van der Waals surface area contributed by atoms with E-state index in [9.17, 15) is 9.18 Å². The summed E-state index contributed by atoms with van der Waals surface area (Å²) < 4.78 is 14.9. The van der Waals surface area contributed by atoms with Crippen molar-refractivity contribution in [2.75, 3.05) is 0 Å². The van der Waals surface area contributed by atoms with Crippen LogP contribution in [-0.4, -0.2) is 25.7 Å². The Hall–Kier alpha value is -3.87. The van der Waals surface area contributed by atoms with Crippen LogP contribution in [-0.2, 0) is 0 Å². The Kier molecular flexibility index (Phi) is 5.34. The molecule has 1 amide bonds. The Balaban J connectivity index is 1.66. The lowest BCUT2D eigenvalue weighted by Crippen LogP contribution is -2.28. The van der Waals surface area contributed by atoms with Gasteiger partial charge in [0.1, 0.15) is 5.82 Å². The van der Waals surface area contributed by atoms with E-state index >= 15 is 0 Å². The zero-order chi connectivity index (χ0) is 21.1. The van der Waals surface area contributed by atoms with E-state index in [0.29, 0.717) is 28.6 Å². The van der Waals surface area contributed by atoms with E-state index in [0.717, 1.165) is 11.3 Å². The minimum absolute atomic E-state index is 0.179. The molecule has 0 spiro atoms. The van der Waals surface area contributed by atoms with Crippen LogP contribution in [0.3, 0.4) is 0 Å². The lowest BCUT2D eigenvalue weighted by molar-refractivity contribution is 0.0937. The molecule has 0 bridgehead atoms. The van der Waals surface area contributed by atoms with Gasteiger partial charge < -0.3 is 5.32 Å². The van der Waals surface area contributed by atoms with Gasteiger partial charge >= 0.3 is 0 Å². The van der Waals surface area contributed by atoms with E-state index in [-0.39, 0.29) is 17.8 Å². The predicted molar refractivity (Wildman–Crippen MR) is 114 cm³/mol. The average Bonchev–Trinajstić information content (AvgIpc) is 3.22. The van der Waals surface area contributed by atoms with Gasteiger partial charge in [-0.2, -0.15) is 5.10 Å². The summed E-state index contributed by atoms with van der Waals surface area (Å²) in [6.45, 7) is 5.75. The summed E-state index contributed by atoms with van der Waals surface area (Å²) in [7, 11) is 0. The number of amides is 1. The van der Waals surface area contributed by atoms with Gasteiger partial charge in [-0.1, -0.05) is 13.5 Å². The molecule has 0 aliphatic rings. The predicted octanol–water partition coefficient (Wildman–Crippen LogP) is 4.48. The van der Waals surface area contributed by atoms with E-state index in [2.05, 4.69) is 27.0 Å². The third kappa shape index (κ3) is 3.69. The molecule has 6 nitrogen and oxygen atoms in total. The number of hydrogen-bond acceptors (Lipinski definition) is 4. The molecule has 4 rings (SSSR count). The first-order valence-corrected chi connectivity index (χ1v) is 9.57. The highest BCUT2D eigenvalue weighted by atomic mass is 19.1. The summed E-state index contributed by atoms with van der Waals surface area (Å²) in [5.41, 5.74) is 3.49. The monoisotopic (exact) mass is 401 g/mol. The van der Waals surface area contributed by atoms with Crippen LogP contribution in [0.25, 0.3) is 22.7 Å². The van der Waals surface area contributed by atoms with Gasteiger partial charge in [-0.15, -0.1) is 0 Å². The third-order valence-electron chi connectivity index (χ3n) is 4.94. The summed E-state index contributed by atoms with van der Waals surface area (Å²) in [5, 5.41) is 8.11. The standard InChI is InChI=1S/C23H20FN5O/c1-3-17-11-15(9-10-26-17)21(4-2)28-23(30)20-12-25-14-22-19(20)13-27-29(22)18-7-5-16(24)6-8-18/h3,5-14,21H,1,4H2,2H3,(H,28,30)/t21-/m0/s1. The number of pyridine rings is 2. The minimum Gasteiger partial charge on any atom is -0.345 e. The van der Waals surface area contributed by atoms with E-state index in [1.165, 1.54) is 18.3 Å². The number of carbonyl (C=O) groups excluding carboxylic acids is 1. The number of nitrogens with zero attached hydrogens (tertiary/aromatic N) is 4. The van der Waals surface area contributed by atoms with Crippen molar-refractivity contribution in [3.05, 3.63) is 90.4 Å². The van der Waals surface area contributed by atoms with E-state index < -0.39 is 0 Å². The van der Waals surface area contributed by atoms with Crippen molar-refractivity contribution >= 4 is 22.9 Å². The molecular weight excluding hydrogens is 381 g/mol. The van der Waals surface area contributed by atoms with Gasteiger partial charge in [-0.05, 0) is 54.5 Å². The fraction of sp³-hybridized carbons (Fsp3) is 0.130. The minimum atomic E-state index is -0.324. The fourth-order valence-corrected chi connectivity index (χ4v) is 3.36. The second-order valence-corrected chi connectivity index (χ2v) is 6.81. The summed E-state index contributed by atoms with van der Waals surface area (Å²) >= 11 is 0. The van der Waals surface area contributed by atoms with Gasteiger partial charge in [0.25, 0.3) is 5.91 Å². The first-order valence-electron chi connectivity index (χ1n) is 9.57. The highest BCUT2D eigenvalue weighted by molar-refractivity contribution is 6.06. The first-order chi connectivity index (χ1) is 14.6. The summed E-state index contributed by atoms with van der Waals surface area (Å²) in [6.07, 6.45) is 8.88. The van der Waals surface area contributed by atoms with Crippen molar-refractivity contribution in [1.29, 1.82) is 0 Å². The van der Waals surface area contributed by atoms with Crippen LogP contribution in [0.4, 0.5) is 4.39 Å². The van der Waals surface area contributed by atoms with Gasteiger partial charge in [-0.25, -0.2) is 9.07 Å². The quantitative estimate of drug-likeness (QED) is 0.517. The molecular formula is C23H20FN5O. The van der Waals surface area contributed by atoms with Gasteiger partial charge in [0, 0.05) is 17.8 Å². The van der Waals surface area contributed by atoms with Crippen LogP contribution in [0.15, 0.2) is 67.8 Å². The van der Waals surface area contributed by atoms with Crippen LogP contribution < -0.4 is 5.32 Å². The topological polar surface area (TPSA) is 72.7 Å². The zero-order valence-corrected chi connectivity index (χ0v) is 16.4. The Morgan fingerprint density at radius 3 is 2.77 bits per heavy atom. The highest BCUT2D eigenvalue weighted by Gasteiger charge is 2.19. The molecule has 1 aromatic carbocycles. The smallest absolute Gasteiger partial charge is 0.254 e. The number of benzene rings is 1. The molecule has 0 radical (unpaired) electrons. The van der Waals surface area contributed by atoms with Gasteiger partial charge in [0.2, 0.25) is 0 Å². The lowest BCUT2D eigenvalue weighted by Gasteiger charge is -2.18. The van der Waals surface area contributed by atoms with E-state index in [1.54, 1.807) is 41.5 Å². The highest BCUT2D eigenvalue weighted by Crippen LogP contribution is 2.23. The Morgan fingerprint density at radius 1 is 1.23 bits per heavy atom. The number of carbonyl (C=O) groups is 1. The number of fused-ring (bicyclic) bond motifs is 1. The van der Waals surface area contributed by atoms with Crippen molar-refractivity contribution in [3.63, 3.8) is 0 Å². The molecule has 150 valence electrons. The molecule has 1 N–H and O–H groups in total. The molecule has 0 saturated heterocycles. The van der Waals surface area contributed by atoms with Gasteiger partial charge in [0.15, 0.2) is 0 Å². The van der Waals surface area contributed by atoms with Crippen molar-refractivity contribution in [3.8, 4) is 5.69 Å². The maximum Gasteiger partial charge on any atom is 0.254 e. The SMILES string of the molecule is C=Cc1cc([C@H](CC)NC(=O)c2cncc3c2cnn3-c2ccc(F)cc2)ccn1. The molecule has 30 heavy (non-hydrogen) atoms. The van der Waals surface area contributed by atoms with Crippen LogP contribution in [0.5, 0.6) is 0 Å². The largest absolute Gasteiger partial charge is 0.345 e. The molecule has 0 aliphatic heterocycles. The number of nitrogens with one attached hydrogen (secondary N) is 1. The van der Waals surface area contributed by atoms with Crippen LogP contribution in [0.2, 0.25) is 0 Å². The Bertz CT molecular complexity index is 1220.